The molecule has 0 aromatic carbocycles. The molecule has 0 saturated carbocycles. The molecule has 1 heterocycles. The molecule has 0 spiro atoms. The van der Waals surface area contributed by atoms with Gasteiger partial charge in [-0.05, 0) is 0 Å². The molecule has 18 heavy (non-hydrogen) atoms. The second kappa shape index (κ2) is 6.32. The molecule has 0 radical (unpaired) electrons. The van der Waals surface area contributed by atoms with Crippen molar-refractivity contribution >= 4 is 32.1 Å². The summed E-state index contributed by atoms with van der Waals surface area (Å²) < 4.78 is 10.0. The molecule has 0 saturated heterocycles. The number of methoxy groups -OCH3 is 2. The van der Waals surface area contributed by atoms with E-state index < -0.39 is 26.4 Å². The van der Waals surface area contributed by atoms with Crippen molar-refractivity contribution in [3.63, 3.8) is 0 Å². The number of rotatable bonds is 4. The number of hydrogen-bond donors (Lipinski definition) is 0. The summed E-state index contributed by atoms with van der Waals surface area (Å²) in [6.07, 6.45) is 0. The van der Waals surface area contributed by atoms with Crippen molar-refractivity contribution in [2.75, 3.05) is 28.3 Å². The van der Waals surface area contributed by atoms with Crippen LogP contribution in [0, 0.1) is 0 Å². The van der Waals surface area contributed by atoms with E-state index in [4.69, 9.17) is 0 Å². The Hall–Kier alpha value is -1.66. The summed E-state index contributed by atoms with van der Waals surface area (Å²) in [7, 11) is 5.97. The predicted molar refractivity (Wildman–Crippen MR) is 64.3 cm³/mol. The number of carbonyl (C=O) groups is 2. The summed E-state index contributed by atoms with van der Waals surface area (Å²) in [6.45, 7) is 0. The Morgan fingerprint density at radius 2 is 1.83 bits per heavy atom. The van der Waals surface area contributed by atoms with Gasteiger partial charge in [0.2, 0.25) is 0 Å². The van der Waals surface area contributed by atoms with E-state index in [-0.39, 0.29) is 0 Å². The van der Waals surface area contributed by atoms with Crippen molar-refractivity contribution in [1.29, 1.82) is 0 Å². The molecule has 0 N–H and O–H groups in total. The Balaban J connectivity index is 3.16. The van der Waals surface area contributed by atoms with Gasteiger partial charge in [-0.3, -0.25) is 0 Å². The topological polar surface area (TPSA) is 80.6 Å². The van der Waals surface area contributed by atoms with Gasteiger partial charge in [0.15, 0.2) is 0 Å². The third kappa shape index (κ3) is 3.41. The van der Waals surface area contributed by atoms with Crippen LogP contribution in [0.1, 0.15) is 18.5 Å². The van der Waals surface area contributed by atoms with Crippen LogP contribution in [-0.4, -0.2) is 59.8 Å². The molecular formula is C10H13N3O4Se. The van der Waals surface area contributed by atoms with Gasteiger partial charge in [0.1, 0.15) is 0 Å². The SMILES string of the molecule is COC(=O)c1cc(/N=N/N(C)C)c(C(=O)OC)[se]1. The number of hydrogen-bond acceptors (Lipinski definition) is 6. The molecule has 1 aromatic heterocycles. The van der Waals surface area contributed by atoms with Crippen molar-refractivity contribution < 1.29 is 19.1 Å². The minimum absolute atomic E-state index is 0.343. The molecule has 1 aromatic rings. The molecule has 0 bridgehead atoms. The fourth-order valence-corrected chi connectivity index (χ4v) is 2.98. The van der Waals surface area contributed by atoms with E-state index in [0.29, 0.717) is 14.6 Å². The Kier molecular flexibility index (Phi) is 5.06. The van der Waals surface area contributed by atoms with Crippen LogP contribution < -0.4 is 0 Å². The third-order valence-electron chi connectivity index (χ3n) is 1.80. The number of nitrogens with zero attached hydrogens (tertiary/aromatic N) is 3. The van der Waals surface area contributed by atoms with Gasteiger partial charge in [-0.15, -0.1) is 0 Å². The van der Waals surface area contributed by atoms with Crippen LogP contribution in [0.4, 0.5) is 5.69 Å². The molecule has 0 aliphatic carbocycles. The van der Waals surface area contributed by atoms with E-state index in [1.807, 2.05) is 0 Å². The Bertz CT molecular complexity index is 481. The summed E-state index contributed by atoms with van der Waals surface area (Å²) in [5, 5.41) is 9.19. The van der Waals surface area contributed by atoms with Crippen molar-refractivity contribution in [2.45, 2.75) is 0 Å². The van der Waals surface area contributed by atoms with Gasteiger partial charge in [0.05, 0.1) is 0 Å². The maximum absolute atomic E-state index is 11.6. The van der Waals surface area contributed by atoms with Crippen LogP contribution in [0.2, 0.25) is 0 Å². The molecule has 0 atom stereocenters. The maximum atomic E-state index is 11.6. The van der Waals surface area contributed by atoms with Crippen LogP contribution in [0.5, 0.6) is 0 Å². The van der Waals surface area contributed by atoms with Crippen LogP contribution >= 0.6 is 0 Å². The first-order valence-electron chi connectivity index (χ1n) is 4.89. The van der Waals surface area contributed by atoms with Crippen LogP contribution in [-0.2, 0) is 9.47 Å². The molecule has 8 heteroatoms. The number of esters is 2. The van der Waals surface area contributed by atoms with Crippen molar-refractivity contribution in [3.05, 3.63) is 14.9 Å². The summed E-state index contributed by atoms with van der Waals surface area (Å²) >= 11 is -0.471. The van der Waals surface area contributed by atoms with E-state index in [9.17, 15) is 9.59 Å². The fraction of sp³-hybridized carbons (Fsp3) is 0.400. The summed E-state index contributed by atoms with van der Waals surface area (Å²) in [5.41, 5.74) is 0.343. The van der Waals surface area contributed by atoms with Gasteiger partial charge >= 0.3 is 110 Å². The van der Waals surface area contributed by atoms with E-state index in [2.05, 4.69) is 19.8 Å². The second-order valence-corrected chi connectivity index (χ2v) is 5.55. The summed E-state index contributed by atoms with van der Waals surface area (Å²) in [5.74, 6) is -0.968. The molecule has 0 amide bonds. The molecular weight excluding hydrogens is 305 g/mol. The molecule has 0 aliphatic rings. The van der Waals surface area contributed by atoms with Gasteiger partial charge in [0, 0.05) is 0 Å². The number of carbonyl (C=O) groups excluding carboxylic acids is 2. The van der Waals surface area contributed by atoms with Gasteiger partial charge in [-0.2, -0.15) is 0 Å². The molecule has 7 nitrogen and oxygen atoms in total. The summed E-state index contributed by atoms with van der Waals surface area (Å²) in [4.78, 5) is 23.0. The molecule has 0 unspecified atom stereocenters. The first-order valence-corrected chi connectivity index (χ1v) is 6.60. The molecule has 0 aliphatic heterocycles. The van der Waals surface area contributed by atoms with Crippen molar-refractivity contribution in [1.82, 2.24) is 5.01 Å². The zero-order chi connectivity index (χ0) is 13.7. The van der Waals surface area contributed by atoms with E-state index >= 15 is 0 Å². The van der Waals surface area contributed by atoms with Crippen molar-refractivity contribution in [3.8, 4) is 0 Å². The Labute approximate surface area is 110 Å². The van der Waals surface area contributed by atoms with Gasteiger partial charge in [-0.1, -0.05) is 0 Å². The monoisotopic (exact) mass is 319 g/mol. The fourth-order valence-electron chi connectivity index (χ4n) is 1.03. The minimum atomic E-state index is -0.502. The standard InChI is InChI=1S/C10H13N3O4Se/c1-13(2)12-11-6-5-7(9(14)16-3)18-8(6)10(15)17-4/h5H,1-4H3/b12-11+. The molecule has 0 fully saturated rings. The molecule has 98 valence electrons. The third-order valence-corrected chi connectivity index (χ3v) is 4.08. The van der Waals surface area contributed by atoms with E-state index in [1.165, 1.54) is 25.3 Å². The Morgan fingerprint density at radius 3 is 2.33 bits per heavy atom. The van der Waals surface area contributed by atoms with E-state index in [0.717, 1.165) is 0 Å². The quantitative estimate of drug-likeness (QED) is 0.356. The van der Waals surface area contributed by atoms with Crippen LogP contribution in [0.3, 0.4) is 0 Å². The van der Waals surface area contributed by atoms with Crippen LogP contribution in [0.25, 0.3) is 0 Å². The molecule has 1 rings (SSSR count). The Morgan fingerprint density at radius 1 is 1.22 bits per heavy atom. The van der Waals surface area contributed by atoms with Gasteiger partial charge < -0.3 is 0 Å². The van der Waals surface area contributed by atoms with Crippen molar-refractivity contribution in [2.24, 2.45) is 10.3 Å². The van der Waals surface area contributed by atoms with Gasteiger partial charge in [-0.25, -0.2) is 0 Å². The summed E-state index contributed by atoms with van der Waals surface area (Å²) in [6, 6.07) is 1.51. The first-order chi connectivity index (χ1) is 8.49. The van der Waals surface area contributed by atoms with Crippen LogP contribution in [0.15, 0.2) is 16.4 Å². The first kappa shape index (κ1) is 14.4. The predicted octanol–water partition coefficient (Wildman–Crippen LogP) is 0.877. The zero-order valence-corrected chi connectivity index (χ0v) is 12.2. The van der Waals surface area contributed by atoms with Gasteiger partial charge in [0.25, 0.3) is 0 Å². The average Bonchev–Trinajstić information content (AvgIpc) is 2.78. The normalized spacial score (nSPS) is 10.4. The second-order valence-electron chi connectivity index (χ2n) is 3.34. The average molecular weight is 318 g/mol. The number of ether oxygens (including phenoxy) is 2. The zero-order valence-electron chi connectivity index (χ0n) is 10.5. The van der Waals surface area contributed by atoms with E-state index in [1.54, 1.807) is 14.1 Å².